The number of carboxylic acids is 1. The normalized spacial score (nSPS) is 17.0. The number of rotatable bonds is 28. The minimum Gasteiger partial charge on any atom is -0.481 e. The monoisotopic (exact) mass is 986 g/mol. The van der Waals surface area contributed by atoms with Gasteiger partial charge < -0.3 is 62.1 Å². The Bertz CT molecular complexity index is 1940. The van der Waals surface area contributed by atoms with E-state index in [0.29, 0.717) is 24.9 Å². The predicted octanol–water partition coefficient (Wildman–Crippen LogP) is -1.30. The number of thioether (sulfide) groups is 1. The highest BCUT2D eigenvalue weighted by molar-refractivity contribution is 7.98. The molecular weight excluding hydrogens is 920 g/mol. The van der Waals surface area contributed by atoms with E-state index in [2.05, 4.69) is 36.4 Å². The van der Waals surface area contributed by atoms with Crippen LogP contribution in [0, 0.1) is 17.8 Å². The number of aldehydes is 1. The lowest BCUT2D eigenvalue weighted by atomic mass is 9.99. The largest absolute Gasteiger partial charge is 0.524 e. The molecule has 7 amide bonds. The van der Waals surface area contributed by atoms with Gasteiger partial charge in [0.15, 0.2) is 0 Å². The van der Waals surface area contributed by atoms with Crippen LogP contribution in [0.1, 0.15) is 79.2 Å². The molecule has 67 heavy (non-hydrogen) atoms. The molecule has 1 fully saturated rings. The van der Waals surface area contributed by atoms with E-state index in [1.807, 2.05) is 20.1 Å². The summed E-state index contributed by atoms with van der Waals surface area (Å²) >= 11 is 1.45. The molecule has 0 saturated carbocycles. The highest BCUT2D eigenvalue weighted by atomic mass is 32.2. The molecule has 0 aromatic heterocycles. The molecule has 0 aliphatic carbocycles. The summed E-state index contributed by atoms with van der Waals surface area (Å²) < 4.78 is 16.0. The summed E-state index contributed by atoms with van der Waals surface area (Å²) in [5.74, 6) is -8.26. The Hall–Kier alpha value is -5.13. The Balaban J connectivity index is 2.47. The van der Waals surface area contributed by atoms with Gasteiger partial charge in [0.25, 0.3) is 0 Å². The molecular formula is C42H67N8O15PS. The number of benzene rings is 1. The van der Waals surface area contributed by atoms with Gasteiger partial charge in [0, 0.05) is 13.0 Å². The molecule has 1 saturated heterocycles. The van der Waals surface area contributed by atoms with Crippen LogP contribution in [0.4, 0.5) is 0 Å². The van der Waals surface area contributed by atoms with Crippen molar-refractivity contribution in [3.63, 3.8) is 0 Å². The van der Waals surface area contributed by atoms with Crippen LogP contribution in [0.3, 0.4) is 0 Å². The van der Waals surface area contributed by atoms with E-state index in [0.717, 1.165) is 0 Å². The van der Waals surface area contributed by atoms with Crippen molar-refractivity contribution in [2.75, 3.05) is 25.2 Å². The van der Waals surface area contributed by atoms with E-state index >= 15 is 0 Å². The zero-order valence-electron chi connectivity index (χ0n) is 38.8. The molecule has 25 heteroatoms. The molecule has 1 aromatic carbocycles. The van der Waals surface area contributed by atoms with Crippen LogP contribution in [0.5, 0.6) is 5.75 Å². The van der Waals surface area contributed by atoms with Gasteiger partial charge in [0.05, 0.1) is 19.1 Å². The van der Waals surface area contributed by atoms with Gasteiger partial charge in [-0.1, -0.05) is 53.7 Å². The summed E-state index contributed by atoms with van der Waals surface area (Å²) in [5.41, 5.74) is 5.86. The topological polar surface area (TPSA) is 362 Å². The molecule has 1 heterocycles. The van der Waals surface area contributed by atoms with Crippen LogP contribution in [0.15, 0.2) is 24.3 Å². The first-order valence-corrected chi connectivity index (χ1v) is 24.7. The second-order valence-electron chi connectivity index (χ2n) is 17.3. The van der Waals surface area contributed by atoms with Gasteiger partial charge in [-0.3, -0.25) is 48.1 Å². The van der Waals surface area contributed by atoms with Gasteiger partial charge in [0.1, 0.15) is 54.3 Å². The summed E-state index contributed by atoms with van der Waals surface area (Å²) in [4.78, 5) is 139. The summed E-state index contributed by atoms with van der Waals surface area (Å²) in [6.07, 6.45) is 2.36. The van der Waals surface area contributed by atoms with Crippen molar-refractivity contribution in [2.24, 2.45) is 23.5 Å². The number of nitrogens with two attached hydrogens (primary N) is 1. The second kappa shape index (κ2) is 27.6. The highest BCUT2D eigenvalue weighted by Crippen LogP contribution is 2.37. The van der Waals surface area contributed by atoms with Crippen molar-refractivity contribution in [1.82, 2.24) is 36.8 Å². The third-order valence-electron chi connectivity index (χ3n) is 10.5. The maximum Gasteiger partial charge on any atom is 0.524 e. The summed E-state index contributed by atoms with van der Waals surface area (Å²) in [5, 5.41) is 34.2. The lowest BCUT2D eigenvalue weighted by molar-refractivity contribution is -0.144. The van der Waals surface area contributed by atoms with Gasteiger partial charge in [-0.05, 0) is 73.1 Å². The smallest absolute Gasteiger partial charge is 0.481 e. The summed E-state index contributed by atoms with van der Waals surface area (Å²) in [7, 11) is -4.95. The molecule has 2 rings (SSSR count). The van der Waals surface area contributed by atoms with Gasteiger partial charge in [-0.15, -0.1) is 0 Å². The first-order chi connectivity index (χ1) is 31.3. The zero-order valence-corrected chi connectivity index (χ0v) is 40.5. The van der Waals surface area contributed by atoms with Crippen LogP contribution in [0.2, 0.25) is 0 Å². The second-order valence-corrected chi connectivity index (χ2v) is 19.5. The van der Waals surface area contributed by atoms with Crippen molar-refractivity contribution in [1.29, 1.82) is 0 Å². The number of nitrogens with zero attached hydrogens (tertiary/aromatic N) is 1. The summed E-state index contributed by atoms with van der Waals surface area (Å²) in [6, 6.07) is -5.31. The SMILES string of the molecule is CSCC[C@H](NC(=O)[C@@H]1CCCN1C(=O)[C@@H](NC(=O)[C@H](Cc1ccc(OP(=O)(O)O)cc1)NC(=O)[C@H](CC(=O)O)NC(=O)[C@@H](NC(=O)[C@@H](N)CO)C(C)C)C(C)C)C(=O)N[C@H](C=O)CC(C)C. The van der Waals surface area contributed by atoms with Crippen LogP contribution >= 0.6 is 19.6 Å². The molecule has 1 aliphatic rings. The fourth-order valence-corrected chi connectivity index (χ4v) is 7.89. The van der Waals surface area contributed by atoms with E-state index in [1.54, 1.807) is 27.7 Å². The van der Waals surface area contributed by atoms with Gasteiger partial charge in [-0.2, -0.15) is 11.8 Å². The Morgan fingerprint density at radius 2 is 1.39 bits per heavy atom. The number of carbonyl (C=O) groups excluding carboxylic acids is 8. The molecule has 376 valence electrons. The number of phosphoric ester groups is 1. The molecule has 0 spiro atoms. The lowest BCUT2D eigenvalue weighted by Gasteiger charge is -2.32. The van der Waals surface area contributed by atoms with Crippen molar-refractivity contribution in [2.45, 2.75) is 128 Å². The lowest BCUT2D eigenvalue weighted by Crippen LogP contribution is -2.61. The van der Waals surface area contributed by atoms with E-state index in [9.17, 15) is 67.7 Å². The number of aliphatic carboxylic acids is 1. The fourth-order valence-electron chi connectivity index (χ4n) is 7.03. The van der Waals surface area contributed by atoms with Crippen LogP contribution < -0.4 is 42.2 Å². The molecule has 0 radical (unpaired) electrons. The third-order valence-corrected chi connectivity index (χ3v) is 11.6. The molecule has 0 bridgehead atoms. The van der Waals surface area contributed by atoms with Crippen LogP contribution in [-0.2, 0) is 54.1 Å². The fraction of sp³-hybridized carbons (Fsp3) is 0.643. The van der Waals surface area contributed by atoms with Gasteiger partial charge in [0.2, 0.25) is 41.4 Å². The first kappa shape index (κ1) is 58.0. The Labute approximate surface area is 393 Å². The molecule has 1 aromatic rings. The van der Waals surface area contributed by atoms with E-state index in [4.69, 9.17) is 5.73 Å². The van der Waals surface area contributed by atoms with Crippen LogP contribution in [0.25, 0.3) is 0 Å². The van der Waals surface area contributed by atoms with Gasteiger partial charge in [-0.25, -0.2) is 4.57 Å². The number of amides is 7. The number of phosphoric acid groups is 1. The number of carbonyl (C=O) groups is 9. The number of nitrogens with one attached hydrogen (secondary N) is 6. The molecule has 8 atom stereocenters. The Kier molecular flexibility index (Phi) is 23.9. The Morgan fingerprint density at radius 3 is 1.91 bits per heavy atom. The van der Waals surface area contributed by atoms with Crippen LogP contribution in [-0.4, -0.2) is 152 Å². The maximum atomic E-state index is 14.4. The van der Waals surface area contributed by atoms with Crippen molar-refractivity contribution >= 4 is 73.2 Å². The first-order valence-electron chi connectivity index (χ1n) is 21.8. The number of aliphatic hydroxyl groups is 1. The zero-order chi connectivity index (χ0) is 50.8. The van der Waals surface area contributed by atoms with Crippen molar-refractivity contribution in [3.8, 4) is 5.75 Å². The minimum absolute atomic E-state index is 0.100. The average Bonchev–Trinajstić information content (AvgIpc) is 3.74. The summed E-state index contributed by atoms with van der Waals surface area (Å²) in [6.45, 7) is 9.50. The number of hydrogen-bond donors (Lipinski definition) is 11. The number of aliphatic hydroxyl groups excluding tert-OH is 1. The van der Waals surface area contributed by atoms with E-state index in [1.165, 1.54) is 40.9 Å². The van der Waals surface area contributed by atoms with Crippen molar-refractivity contribution < 1.29 is 72.2 Å². The average molecular weight is 987 g/mol. The number of likely N-dealkylation sites (tertiary alicyclic amines) is 1. The standard InChI is InChI=1S/C42H67N8O15PS/c1-22(2)17-26(20-51)44-37(56)29(14-16-67-7)45-40(59)32-9-8-15-50(32)42(61)35(24(5)6)49-39(58)30(18-25-10-12-27(13-11-25)65-66(62,63)64)46-38(57)31(19-33(53)54)47-41(60)34(23(3)4)48-36(55)28(43)21-52/h10-13,20,22-24,26,28-32,34-35,52H,8-9,14-19,21,43H2,1-7H3,(H,44,56)(H,45,59)(H,46,57)(H,47,60)(H,48,55)(H,49,58)(H,53,54)(H2,62,63,64)/t26-,28-,29-,30-,31-,32-,34-,35-/m0/s1. The highest BCUT2D eigenvalue weighted by Gasteiger charge is 2.41. The molecule has 12 N–H and O–H groups in total. The van der Waals surface area contributed by atoms with E-state index < -0.39 is 128 Å². The molecule has 1 aliphatic heterocycles. The third kappa shape index (κ3) is 19.6. The Morgan fingerprint density at radius 1 is 0.821 bits per heavy atom. The number of carboxylic acid groups (broad SMARTS) is 1. The predicted molar refractivity (Wildman–Crippen MR) is 245 cm³/mol. The maximum absolute atomic E-state index is 14.4. The molecule has 23 nitrogen and oxygen atoms in total. The quantitative estimate of drug-likeness (QED) is 0.0344. The van der Waals surface area contributed by atoms with Crippen molar-refractivity contribution in [3.05, 3.63) is 29.8 Å². The van der Waals surface area contributed by atoms with E-state index in [-0.39, 0.29) is 43.0 Å². The number of hydrogen-bond acceptors (Lipinski definition) is 14. The van der Waals surface area contributed by atoms with Gasteiger partial charge >= 0.3 is 13.8 Å². The molecule has 0 unspecified atom stereocenters. The minimum atomic E-state index is -4.95.